The van der Waals surface area contributed by atoms with E-state index in [-0.39, 0.29) is 5.71 Å². The summed E-state index contributed by atoms with van der Waals surface area (Å²) in [5, 5.41) is 2.47. The maximum Gasteiger partial charge on any atom is 0.422 e. The second-order valence-corrected chi connectivity index (χ2v) is 5.49. The highest BCUT2D eigenvalue weighted by Crippen LogP contribution is 2.36. The van der Waals surface area contributed by atoms with Gasteiger partial charge in [-0.3, -0.25) is 4.79 Å². The van der Waals surface area contributed by atoms with E-state index in [0.717, 1.165) is 0 Å². The molecule has 1 N–H and O–H groups in total. The Morgan fingerprint density at radius 2 is 1.96 bits per heavy atom. The number of rotatable bonds is 5. The summed E-state index contributed by atoms with van der Waals surface area (Å²) < 4.78 is 51.8. The molecule has 2 unspecified atom stereocenters. The number of nitrogens with one attached hydrogen (secondary N) is 1. The summed E-state index contributed by atoms with van der Waals surface area (Å²) in [5.74, 6) is -1.66. The maximum atomic E-state index is 12.4. The molecule has 0 radical (unpaired) electrons. The number of nitrogens with zero attached hydrogens (tertiary/aromatic N) is 1. The van der Waals surface area contributed by atoms with E-state index in [4.69, 9.17) is 9.47 Å². The zero-order chi connectivity index (χ0) is 19.5. The number of hydrogen-bond acceptors (Lipinski definition) is 5. The van der Waals surface area contributed by atoms with Gasteiger partial charge in [-0.25, -0.2) is 9.79 Å². The van der Waals surface area contributed by atoms with Gasteiger partial charge in [0, 0.05) is 11.3 Å². The molecule has 142 valence electrons. The van der Waals surface area contributed by atoms with E-state index in [1.807, 2.05) is 0 Å². The zero-order valence-corrected chi connectivity index (χ0v) is 14.2. The molecule has 10 heteroatoms. The Morgan fingerprint density at radius 1 is 1.27 bits per heavy atom. The van der Waals surface area contributed by atoms with E-state index in [0.29, 0.717) is 17.1 Å². The quantitative estimate of drug-likeness (QED) is 0.801. The van der Waals surface area contributed by atoms with Crippen LogP contribution in [0.4, 0.5) is 18.0 Å². The molecule has 0 fully saturated rings. The third kappa shape index (κ3) is 4.44. The molecule has 0 aromatic heterocycles. The van der Waals surface area contributed by atoms with E-state index in [1.165, 1.54) is 27.2 Å². The van der Waals surface area contributed by atoms with Crippen LogP contribution in [0.1, 0.15) is 18.5 Å². The zero-order valence-electron chi connectivity index (χ0n) is 14.2. The first-order chi connectivity index (χ1) is 12.2. The predicted octanol–water partition coefficient (Wildman–Crippen LogP) is 2.65. The second kappa shape index (κ2) is 7.63. The molecule has 0 saturated heterocycles. The van der Waals surface area contributed by atoms with Gasteiger partial charge in [-0.05, 0) is 25.1 Å². The van der Waals surface area contributed by atoms with Gasteiger partial charge in [0.05, 0.1) is 20.3 Å². The Bertz CT molecular complexity index is 733. The summed E-state index contributed by atoms with van der Waals surface area (Å²) in [5.41, 5.74) is 0.388. The highest BCUT2D eigenvalue weighted by molar-refractivity contribution is 6.08. The van der Waals surface area contributed by atoms with Crippen LogP contribution in [0.3, 0.4) is 0 Å². The average Bonchev–Trinajstić information content (AvgIpc) is 2.57. The van der Waals surface area contributed by atoms with Crippen LogP contribution < -0.4 is 14.8 Å². The van der Waals surface area contributed by atoms with Crippen molar-refractivity contribution in [2.24, 2.45) is 10.9 Å². The van der Waals surface area contributed by atoms with Gasteiger partial charge in [0.1, 0.15) is 17.4 Å². The van der Waals surface area contributed by atoms with Crippen molar-refractivity contribution in [3.05, 3.63) is 23.8 Å². The minimum atomic E-state index is -4.66. The molecular weight excluding hydrogens is 357 g/mol. The molecule has 1 aromatic carbocycles. The number of hydrogen-bond donors (Lipinski definition) is 1. The Labute approximate surface area is 147 Å². The largest absolute Gasteiger partial charge is 0.497 e. The fraction of sp³-hybridized carbons (Fsp3) is 0.438. The fourth-order valence-corrected chi connectivity index (χ4v) is 2.61. The molecule has 0 aliphatic carbocycles. The molecule has 1 aliphatic rings. The minimum absolute atomic E-state index is 0.0378. The highest BCUT2D eigenvalue weighted by atomic mass is 19.4. The van der Waals surface area contributed by atoms with Gasteiger partial charge >= 0.3 is 18.2 Å². The number of carbonyl (C=O) groups excluding carboxylic acids is 2. The Morgan fingerprint density at radius 3 is 2.54 bits per heavy atom. The van der Waals surface area contributed by atoms with E-state index < -0.39 is 36.7 Å². The molecule has 7 nitrogen and oxygen atoms in total. The Kier molecular flexibility index (Phi) is 5.73. The van der Waals surface area contributed by atoms with Crippen molar-refractivity contribution in [2.45, 2.75) is 19.1 Å². The van der Waals surface area contributed by atoms with Gasteiger partial charge in [-0.1, -0.05) is 0 Å². The molecule has 2 amide bonds. The van der Waals surface area contributed by atoms with Crippen LogP contribution in [0.5, 0.6) is 11.5 Å². The van der Waals surface area contributed by atoms with Crippen LogP contribution >= 0.6 is 0 Å². The van der Waals surface area contributed by atoms with E-state index >= 15 is 0 Å². The first-order valence-corrected chi connectivity index (χ1v) is 7.47. The summed E-state index contributed by atoms with van der Waals surface area (Å²) in [6, 6.07) is 2.93. The van der Waals surface area contributed by atoms with Crippen LogP contribution in [-0.4, -0.2) is 44.7 Å². The normalized spacial score (nSPS) is 20.1. The third-order valence-electron chi connectivity index (χ3n) is 3.74. The lowest BCUT2D eigenvalue weighted by molar-refractivity contribution is -0.188. The number of esters is 1. The van der Waals surface area contributed by atoms with E-state index in [1.54, 1.807) is 12.1 Å². The molecule has 1 aliphatic heterocycles. The van der Waals surface area contributed by atoms with Gasteiger partial charge in [0.15, 0.2) is 6.61 Å². The molecular formula is C16H17F3N2O5. The molecule has 0 spiro atoms. The SMILES string of the molecule is COc1ccc(OC)c(C2NC(=O)N=C(C)C2C(=O)OCC(F)(F)F)c1. The van der Waals surface area contributed by atoms with Crippen LogP contribution in [0.15, 0.2) is 23.2 Å². The van der Waals surface area contributed by atoms with Gasteiger partial charge in [0.25, 0.3) is 0 Å². The lowest BCUT2D eigenvalue weighted by Crippen LogP contribution is -2.45. The number of benzene rings is 1. The molecule has 1 heterocycles. The number of amides is 2. The number of aliphatic imine (C=N–C) groups is 1. The monoisotopic (exact) mass is 374 g/mol. The lowest BCUT2D eigenvalue weighted by atomic mass is 9.87. The summed E-state index contributed by atoms with van der Waals surface area (Å²) >= 11 is 0. The van der Waals surface area contributed by atoms with Gasteiger partial charge in [0.2, 0.25) is 0 Å². The van der Waals surface area contributed by atoms with Gasteiger partial charge in [-0.15, -0.1) is 0 Å². The first-order valence-electron chi connectivity index (χ1n) is 7.47. The highest BCUT2D eigenvalue weighted by Gasteiger charge is 2.41. The number of urea groups is 1. The second-order valence-electron chi connectivity index (χ2n) is 5.49. The van der Waals surface area contributed by atoms with Crippen molar-refractivity contribution in [3.63, 3.8) is 0 Å². The first kappa shape index (κ1) is 19.5. The predicted molar refractivity (Wildman–Crippen MR) is 84.4 cm³/mol. The fourth-order valence-electron chi connectivity index (χ4n) is 2.61. The van der Waals surface area contributed by atoms with Gasteiger partial charge in [-0.2, -0.15) is 13.2 Å². The average molecular weight is 374 g/mol. The number of methoxy groups -OCH3 is 2. The van der Waals surface area contributed by atoms with Crippen LogP contribution in [0.2, 0.25) is 0 Å². The van der Waals surface area contributed by atoms with Gasteiger partial charge < -0.3 is 19.5 Å². The molecule has 0 bridgehead atoms. The summed E-state index contributed by atoms with van der Waals surface area (Å²) in [4.78, 5) is 27.7. The van der Waals surface area contributed by atoms with E-state index in [2.05, 4.69) is 15.0 Å². The van der Waals surface area contributed by atoms with Crippen LogP contribution in [-0.2, 0) is 9.53 Å². The van der Waals surface area contributed by atoms with E-state index in [9.17, 15) is 22.8 Å². The number of alkyl halides is 3. The number of ether oxygens (including phenoxy) is 3. The van der Waals surface area contributed by atoms with Crippen molar-refractivity contribution in [1.82, 2.24) is 5.32 Å². The van der Waals surface area contributed by atoms with Crippen molar-refractivity contribution in [1.29, 1.82) is 0 Å². The standard InChI is InChI=1S/C16H17F3N2O5/c1-8-12(14(22)26-7-16(17,18)19)13(21-15(23)20-8)10-6-9(24-2)4-5-11(10)25-3/h4-6,12-13H,7H2,1-3H3,(H,21,23). The van der Waals surface area contributed by atoms with Crippen molar-refractivity contribution < 1.29 is 37.0 Å². The maximum absolute atomic E-state index is 12.4. The van der Waals surface area contributed by atoms with Crippen molar-refractivity contribution in [3.8, 4) is 11.5 Å². The molecule has 2 rings (SSSR count). The summed E-state index contributed by atoms with van der Waals surface area (Å²) in [6.07, 6.45) is -4.66. The van der Waals surface area contributed by atoms with Crippen molar-refractivity contribution >= 4 is 17.7 Å². The van der Waals surface area contributed by atoms with Crippen LogP contribution in [0.25, 0.3) is 0 Å². The minimum Gasteiger partial charge on any atom is -0.497 e. The third-order valence-corrected chi connectivity index (χ3v) is 3.74. The number of halogens is 3. The Hall–Kier alpha value is -2.78. The smallest absolute Gasteiger partial charge is 0.422 e. The van der Waals surface area contributed by atoms with Crippen molar-refractivity contribution in [2.75, 3.05) is 20.8 Å². The summed E-state index contributed by atoms with van der Waals surface area (Å²) in [6.45, 7) is -0.358. The topological polar surface area (TPSA) is 86.2 Å². The lowest BCUT2D eigenvalue weighted by Gasteiger charge is -2.30. The van der Waals surface area contributed by atoms with Crippen LogP contribution in [0, 0.1) is 5.92 Å². The number of carbonyl (C=O) groups is 2. The molecule has 2 atom stereocenters. The molecule has 0 saturated carbocycles. The summed E-state index contributed by atoms with van der Waals surface area (Å²) in [7, 11) is 2.81. The molecule has 1 aromatic rings. The molecule has 26 heavy (non-hydrogen) atoms. The Balaban J connectivity index is 2.42.